The average molecular weight is 247 g/mol. The molecule has 0 aliphatic rings. The van der Waals surface area contributed by atoms with Crippen LogP contribution in [-0.2, 0) is 4.74 Å². The smallest absolute Gasteiger partial charge is 0.407 e. The monoisotopic (exact) mass is 247 g/mol. The van der Waals surface area contributed by atoms with Gasteiger partial charge < -0.3 is 10.1 Å². The molecule has 0 aliphatic heterocycles. The van der Waals surface area contributed by atoms with Crippen LogP contribution >= 0.6 is 11.8 Å². The molecule has 16 heavy (non-hydrogen) atoms. The zero-order valence-electron chi connectivity index (χ0n) is 11.0. The normalized spacial score (nSPS) is 11.2. The third-order valence-corrected chi connectivity index (χ3v) is 2.64. The summed E-state index contributed by atoms with van der Waals surface area (Å²) in [7, 11) is 0. The summed E-state index contributed by atoms with van der Waals surface area (Å²) < 4.78 is 5.13. The second-order valence-corrected chi connectivity index (χ2v) is 5.82. The number of carbonyl (C=O) groups excluding carboxylic acids is 1. The van der Waals surface area contributed by atoms with Crippen LogP contribution in [0.5, 0.6) is 0 Å². The first-order chi connectivity index (χ1) is 7.45. The number of hydrogen-bond donors (Lipinski definition) is 1. The molecule has 0 aromatic heterocycles. The van der Waals surface area contributed by atoms with E-state index in [-0.39, 0.29) is 6.09 Å². The van der Waals surface area contributed by atoms with Gasteiger partial charge in [-0.1, -0.05) is 12.8 Å². The summed E-state index contributed by atoms with van der Waals surface area (Å²) in [6.07, 6.45) is 6.55. The van der Waals surface area contributed by atoms with Crippen LogP contribution in [0.4, 0.5) is 4.79 Å². The van der Waals surface area contributed by atoms with Crippen LogP contribution in [0.15, 0.2) is 0 Å². The first-order valence-corrected chi connectivity index (χ1v) is 7.31. The Balaban J connectivity index is 3.28. The molecule has 0 spiro atoms. The Morgan fingerprint density at radius 3 is 2.38 bits per heavy atom. The maximum atomic E-state index is 11.3. The maximum Gasteiger partial charge on any atom is 0.407 e. The Labute approximate surface area is 104 Å². The average Bonchev–Trinajstić information content (AvgIpc) is 2.13. The largest absolute Gasteiger partial charge is 0.444 e. The lowest BCUT2D eigenvalue weighted by atomic mass is 10.2. The van der Waals surface area contributed by atoms with Gasteiger partial charge in [0.1, 0.15) is 5.60 Å². The first-order valence-electron chi connectivity index (χ1n) is 5.91. The Morgan fingerprint density at radius 2 is 1.81 bits per heavy atom. The lowest BCUT2D eigenvalue weighted by molar-refractivity contribution is 0.0527. The topological polar surface area (TPSA) is 38.3 Å². The molecule has 1 amide bonds. The molecular weight excluding hydrogens is 222 g/mol. The predicted molar refractivity (Wildman–Crippen MR) is 71.1 cm³/mol. The highest BCUT2D eigenvalue weighted by atomic mass is 32.2. The van der Waals surface area contributed by atoms with Crippen molar-refractivity contribution in [1.82, 2.24) is 5.32 Å². The van der Waals surface area contributed by atoms with E-state index in [9.17, 15) is 4.79 Å². The van der Waals surface area contributed by atoms with Crippen molar-refractivity contribution in [2.45, 2.75) is 52.1 Å². The van der Waals surface area contributed by atoms with Crippen LogP contribution in [-0.4, -0.2) is 30.2 Å². The number of amides is 1. The van der Waals surface area contributed by atoms with Crippen LogP contribution in [0.3, 0.4) is 0 Å². The van der Waals surface area contributed by atoms with Gasteiger partial charge in [0.05, 0.1) is 0 Å². The molecule has 3 nitrogen and oxygen atoms in total. The Bertz CT molecular complexity index is 190. The van der Waals surface area contributed by atoms with E-state index >= 15 is 0 Å². The molecule has 96 valence electrons. The van der Waals surface area contributed by atoms with Crippen LogP contribution in [0, 0.1) is 0 Å². The van der Waals surface area contributed by atoms with Crippen molar-refractivity contribution in [3.05, 3.63) is 0 Å². The van der Waals surface area contributed by atoms with Crippen LogP contribution < -0.4 is 5.32 Å². The molecule has 0 aliphatic carbocycles. The van der Waals surface area contributed by atoms with E-state index in [1.165, 1.54) is 25.0 Å². The third-order valence-electron chi connectivity index (χ3n) is 1.94. The molecule has 0 radical (unpaired) electrons. The number of unbranched alkanes of at least 4 members (excludes halogenated alkanes) is 3. The zero-order chi connectivity index (χ0) is 12.4. The van der Waals surface area contributed by atoms with Crippen LogP contribution in [0.2, 0.25) is 0 Å². The van der Waals surface area contributed by atoms with Gasteiger partial charge in [-0.3, -0.25) is 0 Å². The third kappa shape index (κ3) is 11.7. The van der Waals surface area contributed by atoms with E-state index in [4.69, 9.17) is 4.74 Å². The van der Waals surface area contributed by atoms with Crippen molar-refractivity contribution in [3.63, 3.8) is 0 Å². The van der Waals surface area contributed by atoms with E-state index in [2.05, 4.69) is 11.6 Å². The lowest BCUT2D eigenvalue weighted by Crippen LogP contribution is -2.32. The molecule has 0 rings (SSSR count). The van der Waals surface area contributed by atoms with Crippen LogP contribution in [0.25, 0.3) is 0 Å². The molecule has 0 aromatic rings. The van der Waals surface area contributed by atoms with Gasteiger partial charge in [0.25, 0.3) is 0 Å². The van der Waals surface area contributed by atoms with E-state index in [0.29, 0.717) is 6.54 Å². The summed E-state index contributed by atoms with van der Waals surface area (Å²) in [6.45, 7) is 6.33. The second kappa shape index (κ2) is 8.74. The van der Waals surface area contributed by atoms with Crippen molar-refractivity contribution in [1.29, 1.82) is 0 Å². The Morgan fingerprint density at radius 1 is 1.19 bits per heavy atom. The van der Waals surface area contributed by atoms with E-state index in [0.717, 1.165) is 6.42 Å². The van der Waals surface area contributed by atoms with Gasteiger partial charge in [0.2, 0.25) is 0 Å². The predicted octanol–water partition coefficient (Wildman–Crippen LogP) is 3.43. The standard InChI is InChI=1S/C12H25NO2S/c1-12(2,3)15-11(14)13-9-7-5-6-8-10-16-4/h5-10H2,1-4H3,(H,13,14). The molecule has 0 aromatic carbocycles. The molecule has 0 heterocycles. The number of alkyl carbamates (subject to hydrolysis) is 1. The van der Waals surface area contributed by atoms with Gasteiger partial charge in [0.15, 0.2) is 0 Å². The van der Waals surface area contributed by atoms with E-state index in [1.54, 1.807) is 0 Å². The minimum atomic E-state index is -0.400. The van der Waals surface area contributed by atoms with Crippen LogP contribution in [0.1, 0.15) is 46.5 Å². The maximum absolute atomic E-state index is 11.3. The van der Waals surface area contributed by atoms with Crippen molar-refractivity contribution in [3.8, 4) is 0 Å². The lowest BCUT2D eigenvalue weighted by Gasteiger charge is -2.19. The number of rotatable bonds is 7. The fourth-order valence-electron chi connectivity index (χ4n) is 1.23. The number of thioether (sulfide) groups is 1. The summed E-state index contributed by atoms with van der Waals surface area (Å²) >= 11 is 1.89. The Hall–Kier alpha value is -0.380. The first kappa shape index (κ1) is 15.6. The molecule has 0 atom stereocenters. The molecule has 0 saturated heterocycles. The summed E-state index contributed by atoms with van der Waals surface area (Å²) in [5, 5.41) is 2.76. The van der Waals surface area contributed by atoms with Gasteiger partial charge in [-0.25, -0.2) is 4.79 Å². The highest BCUT2D eigenvalue weighted by Gasteiger charge is 2.15. The Kier molecular flexibility index (Phi) is 8.53. The number of ether oxygens (including phenoxy) is 1. The second-order valence-electron chi connectivity index (χ2n) is 4.84. The highest BCUT2D eigenvalue weighted by molar-refractivity contribution is 7.98. The van der Waals surface area contributed by atoms with Crippen molar-refractivity contribution < 1.29 is 9.53 Å². The minimum absolute atomic E-state index is 0.309. The van der Waals surface area contributed by atoms with Crippen molar-refractivity contribution in [2.75, 3.05) is 18.6 Å². The summed E-state index contributed by atoms with van der Waals surface area (Å²) in [6, 6.07) is 0. The highest BCUT2D eigenvalue weighted by Crippen LogP contribution is 2.07. The van der Waals surface area contributed by atoms with E-state index < -0.39 is 5.60 Å². The number of nitrogens with one attached hydrogen (secondary N) is 1. The fraction of sp³-hybridized carbons (Fsp3) is 0.917. The summed E-state index contributed by atoms with van der Waals surface area (Å²) in [4.78, 5) is 11.3. The minimum Gasteiger partial charge on any atom is -0.444 e. The molecule has 0 unspecified atom stereocenters. The zero-order valence-corrected chi connectivity index (χ0v) is 11.8. The van der Waals surface area contributed by atoms with Crippen molar-refractivity contribution in [2.24, 2.45) is 0 Å². The molecule has 4 heteroatoms. The van der Waals surface area contributed by atoms with E-state index in [1.807, 2.05) is 32.5 Å². The quantitative estimate of drug-likeness (QED) is 0.700. The molecule has 0 bridgehead atoms. The van der Waals surface area contributed by atoms with Gasteiger partial charge in [-0.15, -0.1) is 0 Å². The van der Waals surface area contributed by atoms with Gasteiger partial charge in [0, 0.05) is 6.54 Å². The molecular formula is C12H25NO2S. The fourth-order valence-corrected chi connectivity index (χ4v) is 1.72. The molecule has 1 N–H and O–H groups in total. The number of carbonyl (C=O) groups is 1. The van der Waals surface area contributed by atoms with Gasteiger partial charge in [-0.2, -0.15) is 11.8 Å². The number of hydrogen-bond acceptors (Lipinski definition) is 3. The molecule has 0 saturated carbocycles. The van der Waals surface area contributed by atoms with Crippen molar-refractivity contribution >= 4 is 17.9 Å². The summed E-state index contributed by atoms with van der Waals surface area (Å²) in [5.74, 6) is 1.24. The van der Waals surface area contributed by atoms with Gasteiger partial charge in [-0.05, 0) is 45.6 Å². The molecule has 0 fully saturated rings. The SMILES string of the molecule is CSCCCCCCNC(=O)OC(C)(C)C. The summed E-state index contributed by atoms with van der Waals surface area (Å²) in [5.41, 5.74) is -0.400. The van der Waals surface area contributed by atoms with Gasteiger partial charge >= 0.3 is 6.09 Å².